The van der Waals surface area contributed by atoms with E-state index in [-0.39, 0.29) is 24.4 Å². The Morgan fingerprint density at radius 3 is 1.76 bits per heavy atom. The van der Waals surface area contributed by atoms with Crippen LogP contribution >= 0.6 is 0 Å². The molecule has 1 N–H and O–H groups in total. The molecule has 0 fully saturated rings. The number of ketones is 1. The van der Waals surface area contributed by atoms with Crippen molar-refractivity contribution in [1.82, 2.24) is 0 Å². The maximum Gasteiger partial charge on any atom is 0.144 e. The first-order valence-corrected chi connectivity index (χ1v) is 11.4. The molecule has 174 valence electrons. The SMILES string of the molecule is CC(=O)CC/C=C/C(CC(=C=O)CO)OC(c1ccccc1)(c1ccccc1)c1ccccc1. The summed E-state index contributed by atoms with van der Waals surface area (Å²) < 4.78 is 6.96. The van der Waals surface area contributed by atoms with E-state index in [4.69, 9.17) is 4.74 Å². The van der Waals surface area contributed by atoms with Crippen molar-refractivity contribution in [2.45, 2.75) is 37.9 Å². The molecule has 0 aromatic heterocycles. The van der Waals surface area contributed by atoms with Crippen molar-refractivity contribution < 1.29 is 19.4 Å². The van der Waals surface area contributed by atoms with Crippen LogP contribution in [0.4, 0.5) is 0 Å². The molecule has 0 saturated carbocycles. The zero-order valence-corrected chi connectivity index (χ0v) is 19.4. The van der Waals surface area contributed by atoms with Crippen LogP contribution in [0.2, 0.25) is 0 Å². The topological polar surface area (TPSA) is 63.6 Å². The second kappa shape index (κ2) is 12.6. The molecule has 3 aromatic rings. The molecule has 0 aliphatic carbocycles. The summed E-state index contributed by atoms with van der Waals surface area (Å²) >= 11 is 0. The highest BCUT2D eigenvalue weighted by Gasteiger charge is 2.39. The average molecular weight is 455 g/mol. The van der Waals surface area contributed by atoms with Crippen molar-refractivity contribution in [3.63, 3.8) is 0 Å². The summed E-state index contributed by atoms with van der Waals surface area (Å²) in [6.45, 7) is 1.17. The van der Waals surface area contributed by atoms with Crippen LogP contribution in [0.1, 0.15) is 42.9 Å². The van der Waals surface area contributed by atoms with Gasteiger partial charge in [-0.15, -0.1) is 0 Å². The first-order chi connectivity index (χ1) is 16.6. The summed E-state index contributed by atoms with van der Waals surface area (Å²) in [5, 5.41) is 9.64. The maximum absolute atomic E-state index is 11.4. The molecule has 0 heterocycles. The molecule has 0 aliphatic rings. The van der Waals surface area contributed by atoms with Crippen molar-refractivity contribution in [2.75, 3.05) is 6.61 Å². The molecule has 0 amide bonds. The maximum atomic E-state index is 11.4. The molecule has 0 spiro atoms. The van der Waals surface area contributed by atoms with E-state index >= 15 is 0 Å². The Balaban J connectivity index is 2.16. The third-order valence-corrected chi connectivity index (χ3v) is 5.67. The Morgan fingerprint density at radius 1 is 0.912 bits per heavy atom. The highest BCUT2D eigenvalue weighted by atomic mass is 16.5. The molecular weight excluding hydrogens is 424 g/mol. The molecule has 0 bridgehead atoms. The number of aliphatic hydroxyl groups excluding tert-OH is 1. The lowest BCUT2D eigenvalue weighted by Gasteiger charge is -2.38. The van der Waals surface area contributed by atoms with Crippen molar-refractivity contribution in [3.8, 4) is 0 Å². The van der Waals surface area contributed by atoms with Gasteiger partial charge < -0.3 is 14.6 Å². The van der Waals surface area contributed by atoms with Gasteiger partial charge in [0.25, 0.3) is 0 Å². The van der Waals surface area contributed by atoms with Gasteiger partial charge >= 0.3 is 0 Å². The van der Waals surface area contributed by atoms with Crippen LogP contribution in [0.5, 0.6) is 0 Å². The van der Waals surface area contributed by atoms with Gasteiger partial charge in [0, 0.05) is 18.4 Å². The highest BCUT2D eigenvalue weighted by molar-refractivity contribution is 5.75. The van der Waals surface area contributed by atoms with Crippen molar-refractivity contribution in [2.24, 2.45) is 0 Å². The predicted octanol–water partition coefficient (Wildman–Crippen LogP) is 5.43. The number of carbonyl (C=O) groups excluding carboxylic acids is 2. The van der Waals surface area contributed by atoms with Gasteiger partial charge in [-0.2, -0.15) is 0 Å². The molecule has 1 atom stereocenters. The third-order valence-electron chi connectivity index (χ3n) is 5.67. The summed E-state index contributed by atoms with van der Waals surface area (Å²) in [5.74, 6) is 1.95. The fourth-order valence-corrected chi connectivity index (χ4v) is 4.01. The molecule has 0 aliphatic heterocycles. The van der Waals surface area contributed by atoms with Crippen LogP contribution in [0, 0.1) is 0 Å². The minimum absolute atomic E-state index is 0.109. The van der Waals surface area contributed by atoms with Gasteiger partial charge in [0.1, 0.15) is 17.3 Å². The molecule has 0 radical (unpaired) electrons. The van der Waals surface area contributed by atoms with E-state index in [9.17, 15) is 14.7 Å². The largest absolute Gasteiger partial charge is 0.391 e. The number of allylic oxidation sites excluding steroid dienone is 1. The smallest absolute Gasteiger partial charge is 0.144 e. The number of hydrogen-bond acceptors (Lipinski definition) is 4. The number of benzene rings is 3. The van der Waals surface area contributed by atoms with Crippen LogP contribution in [-0.4, -0.2) is 29.5 Å². The predicted molar refractivity (Wildman–Crippen MR) is 134 cm³/mol. The zero-order chi connectivity index (χ0) is 24.2. The molecule has 3 rings (SSSR count). The van der Waals surface area contributed by atoms with Crippen LogP contribution in [0.15, 0.2) is 109 Å². The van der Waals surface area contributed by atoms with E-state index < -0.39 is 11.7 Å². The lowest BCUT2D eigenvalue weighted by atomic mass is 9.79. The van der Waals surface area contributed by atoms with E-state index in [1.807, 2.05) is 109 Å². The van der Waals surface area contributed by atoms with Crippen LogP contribution in [-0.2, 0) is 19.9 Å². The summed E-state index contributed by atoms with van der Waals surface area (Å²) in [6, 6.07) is 29.9. The minimum atomic E-state index is -0.969. The Morgan fingerprint density at radius 2 is 1.38 bits per heavy atom. The van der Waals surface area contributed by atoms with Crippen LogP contribution in [0.25, 0.3) is 0 Å². The molecule has 3 aromatic carbocycles. The van der Waals surface area contributed by atoms with Crippen molar-refractivity contribution >= 4 is 11.7 Å². The van der Waals surface area contributed by atoms with Crippen molar-refractivity contribution in [1.29, 1.82) is 0 Å². The quantitative estimate of drug-likeness (QED) is 0.225. The first-order valence-electron chi connectivity index (χ1n) is 11.4. The summed E-state index contributed by atoms with van der Waals surface area (Å²) in [5.41, 5.74) is 2.08. The number of aliphatic hydroxyl groups is 1. The lowest BCUT2D eigenvalue weighted by Crippen LogP contribution is -2.36. The van der Waals surface area contributed by atoms with Crippen LogP contribution in [0.3, 0.4) is 0 Å². The molecular formula is C30H30O4. The number of rotatable bonds is 12. The second-order valence-corrected chi connectivity index (χ2v) is 8.17. The monoisotopic (exact) mass is 454 g/mol. The molecule has 1 unspecified atom stereocenters. The highest BCUT2D eigenvalue weighted by Crippen LogP contribution is 2.42. The average Bonchev–Trinajstić information content (AvgIpc) is 2.89. The third kappa shape index (κ3) is 6.27. The van der Waals surface area contributed by atoms with Gasteiger partial charge in [0.15, 0.2) is 0 Å². The normalized spacial score (nSPS) is 12.3. The Kier molecular flexibility index (Phi) is 9.30. The fourth-order valence-electron chi connectivity index (χ4n) is 4.01. The van der Waals surface area contributed by atoms with Gasteiger partial charge in [0.05, 0.1) is 12.7 Å². The Bertz CT molecular complexity index is 1020. The Labute approximate surface area is 201 Å². The van der Waals surface area contributed by atoms with E-state index in [0.717, 1.165) is 16.7 Å². The van der Waals surface area contributed by atoms with E-state index in [2.05, 4.69) is 0 Å². The second-order valence-electron chi connectivity index (χ2n) is 8.17. The van der Waals surface area contributed by atoms with Gasteiger partial charge in [-0.3, -0.25) is 0 Å². The van der Waals surface area contributed by atoms with Gasteiger partial charge in [0.2, 0.25) is 0 Å². The van der Waals surface area contributed by atoms with E-state index in [1.54, 1.807) is 6.92 Å². The number of ether oxygens (including phenoxy) is 1. The van der Waals surface area contributed by atoms with Crippen LogP contribution < -0.4 is 0 Å². The van der Waals surface area contributed by atoms with Gasteiger partial charge in [-0.1, -0.05) is 103 Å². The fraction of sp³-hybridized carbons (Fsp3) is 0.233. The Hall–Kier alpha value is -3.56. The standard InChI is InChI=1S/C30H30O4/c1-24(33)13-11-12-20-29(21-25(22-31)23-32)34-30(26-14-5-2-6-15-26,27-16-7-3-8-17-27)28-18-9-4-10-19-28/h2-10,12,14-20,29,31H,11,13,21-22H2,1H3/b20-12+. The summed E-state index contributed by atoms with van der Waals surface area (Å²) in [6.07, 6.45) is 4.42. The lowest BCUT2D eigenvalue weighted by molar-refractivity contribution is -0.116. The van der Waals surface area contributed by atoms with E-state index in [1.165, 1.54) is 0 Å². The van der Waals surface area contributed by atoms with Gasteiger partial charge in [-0.25, -0.2) is 4.79 Å². The number of Topliss-reactive ketones (excluding diaryl/α,β-unsaturated/α-hetero) is 1. The summed E-state index contributed by atoms with van der Waals surface area (Å²) in [7, 11) is 0. The molecule has 4 nitrogen and oxygen atoms in total. The molecule has 0 saturated heterocycles. The van der Waals surface area contributed by atoms with Gasteiger partial charge in [-0.05, 0) is 30.0 Å². The zero-order valence-electron chi connectivity index (χ0n) is 19.4. The van der Waals surface area contributed by atoms with Crippen molar-refractivity contribution in [3.05, 3.63) is 125 Å². The minimum Gasteiger partial charge on any atom is -0.391 e. The van der Waals surface area contributed by atoms with E-state index in [0.29, 0.717) is 12.8 Å². The summed E-state index contributed by atoms with van der Waals surface area (Å²) in [4.78, 5) is 22.8. The molecule has 4 heteroatoms. The number of carbonyl (C=O) groups is 1. The number of hydrogen-bond donors (Lipinski definition) is 1. The first kappa shape index (κ1) is 25.1. The molecule has 34 heavy (non-hydrogen) atoms.